The average Bonchev–Trinajstić information content (AvgIpc) is 2.65. The number of methoxy groups -OCH3 is 1. The monoisotopic (exact) mass is 398 g/mol. The number of hydrogen-bond donors (Lipinski definition) is 0. The first kappa shape index (κ1) is 20.0. The molecule has 0 heterocycles. The second kappa shape index (κ2) is 7.73. The second-order valence-electron chi connectivity index (χ2n) is 6.83. The minimum Gasteiger partial charge on any atom is -0.465 e. The lowest BCUT2D eigenvalue weighted by Gasteiger charge is -2.18. The normalized spacial score (nSPS) is 11.6. The Morgan fingerprint density at radius 1 is 0.964 bits per heavy atom. The average molecular weight is 398 g/mol. The number of hydrogen-bond acceptors (Lipinski definition) is 5. The maximum absolute atomic E-state index is 12.5. The molecule has 0 saturated carbocycles. The summed E-state index contributed by atoms with van der Waals surface area (Å²) < 4.78 is 33.3. The molecule has 0 fully saturated rings. The van der Waals surface area contributed by atoms with Crippen molar-refractivity contribution in [3.63, 3.8) is 0 Å². The van der Waals surface area contributed by atoms with Crippen LogP contribution in [0.15, 0.2) is 48.5 Å². The van der Waals surface area contributed by atoms with E-state index in [-0.39, 0.29) is 12.2 Å². The zero-order chi connectivity index (χ0) is 20.5. The van der Waals surface area contributed by atoms with Crippen LogP contribution >= 0.6 is 0 Å². The number of rotatable bonds is 5. The van der Waals surface area contributed by atoms with Crippen molar-refractivity contribution in [2.75, 3.05) is 13.4 Å². The molecule has 146 valence electrons. The number of esters is 1. The lowest BCUT2D eigenvalue weighted by atomic mass is 9.89. The standard InChI is InChI=1S/C22H22O5S/c1-14-5-8-16(9-6-14)21-18-11-15(2)7-10-17(18)12-19(22(23)26-3)20(21)13-27-28(4,24)25/h5-12H,13H2,1-4H3. The van der Waals surface area contributed by atoms with Crippen molar-refractivity contribution in [2.24, 2.45) is 0 Å². The quantitative estimate of drug-likeness (QED) is 0.471. The second-order valence-corrected chi connectivity index (χ2v) is 8.47. The van der Waals surface area contributed by atoms with Crippen LogP contribution in [0.3, 0.4) is 0 Å². The minimum absolute atomic E-state index is 0.254. The van der Waals surface area contributed by atoms with Crippen LogP contribution in [-0.2, 0) is 25.6 Å². The van der Waals surface area contributed by atoms with Gasteiger partial charge >= 0.3 is 5.97 Å². The van der Waals surface area contributed by atoms with E-state index in [1.807, 2.05) is 56.3 Å². The summed E-state index contributed by atoms with van der Waals surface area (Å²) in [6.07, 6.45) is 0.988. The Morgan fingerprint density at radius 2 is 1.61 bits per heavy atom. The molecule has 0 aliphatic heterocycles. The van der Waals surface area contributed by atoms with Gasteiger partial charge < -0.3 is 4.74 Å². The van der Waals surface area contributed by atoms with Crippen LogP contribution in [0.5, 0.6) is 0 Å². The molecule has 0 N–H and O–H groups in total. The highest BCUT2D eigenvalue weighted by atomic mass is 32.2. The lowest BCUT2D eigenvalue weighted by molar-refractivity contribution is 0.0598. The van der Waals surface area contributed by atoms with Crippen LogP contribution in [0.25, 0.3) is 21.9 Å². The molecule has 0 unspecified atom stereocenters. The third-order valence-corrected chi connectivity index (χ3v) is 5.11. The molecular weight excluding hydrogens is 376 g/mol. The van der Waals surface area contributed by atoms with Gasteiger partial charge in [-0.1, -0.05) is 53.6 Å². The van der Waals surface area contributed by atoms with E-state index >= 15 is 0 Å². The van der Waals surface area contributed by atoms with Crippen molar-refractivity contribution in [2.45, 2.75) is 20.5 Å². The van der Waals surface area contributed by atoms with Gasteiger partial charge in [0.2, 0.25) is 0 Å². The number of ether oxygens (including phenoxy) is 1. The summed E-state index contributed by atoms with van der Waals surface area (Å²) >= 11 is 0. The molecule has 3 aromatic carbocycles. The summed E-state index contributed by atoms with van der Waals surface area (Å²) in [5, 5.41) is 1.79. The molecule has 0 aliphatic rings. The number of aryl methyl sites for hydroxylation is 2. The van der Waals surface area contributed by atoms with E-state index in [1.165, 1.54) is 7.11 Å². The molecule has 0 bridgehead atoms. The summed E-state index contributed by atoms with van der Waals surface area (Å²) in [6.45, 7) is 3.72. The highest BCUT2D eigenvalue weighted by Crippen LogP contribution is 2.36. The fraction of sp³-hybridized carbons (Fsp3) is 0.227. The van der Waals surface area contributed by atoms with Crippen LogP contribution in [-0.4, -0.2) is 27.8 Å². The summed E-state index contributed by atoms with van der Waals surface area (Å²) in [7, 11) is -2.39. The van der Waals surface area contributed by atoms with E-state index in [0.29, 0.717) is 5.56 Å². The van der Waals surface area contributed by atoms with E-state index < -0.39 is 16.1 Å². The third-order valence-electron chi connectivity index (χ3n) is 4.57. The van der Waals surface area contributed by atoms with E-state index in [1.54, 1.807) is 6.07 Å². The van der Waals surface area contributed by atoms with Gasteiger partial charge in [0.1, 0.15) is 0 Å². The molecule has 3 rings (SSSR count). The number of fused-ring (bicyclic) bond motifs is 1. The number of benzene rings is 3. The molecule has 0 radical (unpaired) electrons. The summed E-state index contributed by atoms with van der Waals surface area (Å²) in [5.41, 5.74) is 4.57. The van der Waals surface area contributed by atoms with Gasteiger partial charge in [0.05, 0.1) is 25.5 Å². The Morgan fingerprint density at radius 3 is 2.21 bits per heavy atom. The molecule has 6 heteroatoms. The van der Waals surface area contributed by atoms with Crippen molar-refractivity contribution in [1.29, 1.82) is 0 Å². The minimum atomic E-state index is -3.69. The predicted molar refractivity (Wildman–Crippen MR) is 110 cm³/mol. The van der Waals surface area contributed by atoms with Crippen molar-refractivity contribution in [3.05, 3.63) is 70.8 Å². The molecule has 0 aromatic heterocycles. The van der Waals surface area contributed by atoms with E-state index in [4.69, 9.17) is 8.92 Å². The first-order valence-electron chi connectivity index (χ1n) is 8.75. The van der Waals surface area contributed by atoms with Crippen LogP contribution in [0.4, 0.5) is 0 Å². The molecular formula is C22H22O5S. The molecule has 28 heavy (non-hydrogen) atoms. The van der Waals surface area contributed by atoms with Crippen molar-refractivity contribution >= 4 is 26.9 Å². The highest BCUT2D eigenvalue weighted by Gasteiger charge is 2.21. The Labute approximate surface area is 165 Å². The first-order valence-corrected chi connectivity index (χ1v) is 10.6. The van der Waals surface area contributed by atoms with Crippen molar-refractivity contribution in [1.82, 2.24) is 0 Å². The largest absolute Gasteiger partial charge is 0.465 e. The van der Waals surface area contributed by atoms with E-state index in [9.17, 15) is 13.2 Å². The fourth-order valence-electron chi connectivity index (χ4n) is 3.21. The lowest BCUT2D eigenvalue weighted by Crippen LogP contribution is -2.11. The zero-order valence-corrected chi connectivity index (χ0v) is 17.1. The van der Waals surface area contributed by atoms with Gasteiger partial charge in [0, 0.05) is 5.56 Å². The Hall–Kier alpha value is -2.70. The van der Waals surface area contributed by atoms with Crippen LogP contribution < -0.4 is 0 Å². The molecule has 0 amide bonds. The SMILES string of the molecule is COC(=O)c1cc2ccc(C)cc2c(-c2ccc(C)cc2)c1COS(C)(=O)=O. The molecule has 0 aliphatic carbocycles. The van der Waals surface area contributed by atoms with Crippen LogP contribution in [0.2, 0.25) is 0 Å². The smallest absolute Gasteiger partial charge is 0.338 e. The molecule has 5 nitrogen and oxygen atoms in total. The Kier molecular flexibility index (Phi) is 5.54. The van der Waals surface area contributed by atoms with Crippen molar-refractivity contribution in [3.8, 4) is 11.1 Å². The highest BCUT2D eigenvalue weighted by molar-refractivity contribution is 7.85. The Balaban J connectivity index is 2.39. The summed E-state index contributed by atoms with van der Waals surface area (Å²) in [5.74, 6) is -0.539. The van der Waals surface area contributed by atoms with Gasteiger partial charge in [-0.15, -0.1) is 0 Å². The third kappa shape index (κ3) is 4.24. The van der Waals surface area contributed by atoms with Gasteiger partial charge in [-0.2, -0.15) is 8.42 Å². The predicted octanol–water partition coefficient (Wildman–Crippen LogP) is 4.39. The van der Waals surface area contributed by atoms with Gasteiger partial charge in [0.15, 0.2) is 0 Å². The van der Waals surface area contributed by atoms with E-state index in [0.717, 1.165) is 39.3 Å². The number of carbonyl (C=O) groups excluding carboxylic acids is 1. The first-order chi connectivity index (χ1) is 13.2. The molecule has 0 atom stereocenters. The molecule has 0 saturated heterocycles. The summed E-state index contributed by atoms with van der Waals surface area (Å²) in [6, 6.07) is 15.5. The van der Waals surface area contributed by atoms with Gasteiger partial charge in [-0.3, -0.25) is 4.18 Å². The number of carbonyl (C=O) groups is 1. The van der Waals surface area contributed by atoms with Gasteiger partial charge in [-0.05, 0) is 41.8 Å². The Bertz CT molecular complexity index is 1150. The summed E-state index contributed by atoms with van der Waals surface area (Å²) in [4.78, 5) is 12.5. The maximum atomic E-state index is 12.5. The van der Waals surface area contributed by atoms with Crippen molar-refractivity contribution < 1.29 is 22.1 Å². The zero-order valence-electron chi connectivity index (χ0n) is 16.3. The van der Waals surface area contributed by atoms with Gasteiger partial charge in [0.25, 0.3) is 10.1 Å². The van der Waals surface area contributed by atoms with Crippen LogP contribution in [0.1, 0.15) is 27.0 Å². The van der Waals surface area contributed by atoms with E-state index in [2.05, 4.69) is 0 Å². The molecule has 3 aromatic rings. The topological polar surface area (TPSA) is 69.7 Å². The van der Waals surface area contributed by atoms with Crippen LogP contribution in [0, 0.1) is 13.8 Å². The van der Waals surface area contributed by atoms with Gasteiger partial charge in [-0.25, -0.2) is 4.79 Å². The fourth-order valence-corrected chi connectivity index (χ4v) is 3.54. The maximum Gasteiger partial charge on any atom is 0.338 e. The molecule has 0 spiro atoms.